The number of hydrogen-bond acceptors (Lipinski definition) is 2. The number of carbonyl (C=O) groups is 1. The third-order valence-electron chi connectivity index (χ3n) is 3.78. The molecule has 1 aromatic carbocycles. The molecule has 1 saturated heterocycles. The van der Waals surface area contributed by atoms with Crippen molar-refractivity contribution in [2.24, 2.45) is 5.92 Å². The maximum atomic E-state index is 13.4. The summed E-state index contributed by atoms with van der Waals surface area (Å²) in [6.07, 6.45) is 1.90. The largest absolute Gasteiger partial charge is 0.378 e. The summed E-state index contributed by atoms with van der Waals surface area (Å²) in [5, 5.41) is 2.75. The zero-order chi connectivity index (χ0) is 12.7. The van der Waals surface area contributed by atoms with E-state index in [0.717, 1.165) is 25.5 Å². The summed E-state index contributed by atoms with van der Waals surface area (Å²) in [6.45, 7) is 0.718. The van der Waals surface area contributed by atoms with Crippen molar-refractivity contribution in [2.75, 3.05) is 6.61 Å². The summed E-state index contributed by atoms with van der Waals surface area (Å²) in [6, 6.07) is 3.63. The van der Waals surface area contributed by atoms with Crippen LogP contribution in [0.5, 0.6) is 0 Å². The number of nitrogens with one attached hydrogen (secondary N) is 1. The normalized spacial score (nSPS) is 29.6. The van der Waals surface area contributed by atoms with Gasteiger partial charge in [-0.2, -0.15) is 0 Å². The van der Waals surface area contributed by atoms with Crippen LogP contribution in [0.1, 0.15) is 23.2 Å². The smallest absolute Gasteiger partial charge is 0.254 e. The lowest BCUT2D eigenvalue weighted by Gasteiger charge is -2.39. The molecule has 2 fully saturated rings. The van der Waals surface area contributed by atoms with Crippen molar-refractivity contribution < 1.29 is 18.3 Å². The van der Waals surface area contributed by atoms with Crippen LogP contribution >= 0.6 is 0 Å². The highest BCUT2D eigenvalue weighted by Gasteiger charge is 2.45. The zero-order valence-corrected chi connectivity index (χ0v) is 9.66. The fourth-order valence-electron chi connectivity index (χ4n) is 2.69. The van der Waals surface area contributed by atoms with Crippen LogP contribution in [-0.2, 0) is 4.74 Å². The molecule has 96 valence electrons. The predicted molar refractivity (Wildman–Crippen MR) is 60.1 cm³/mol. The van der Waals surface area contributed by atoms with Crippen molar-refractivity contribution in [3.63, 3.8) is 0 Å². The average molecular weight is 253 g/mol. The van der Waals surface area contributed by atoms with Gasteiger partial charge in [0.1, 0.15) is 0 Å². The Morgan fingerprint density at radius 2 is 2.22 bits per heavy atom. The van der Waals surface area contributed by atoms with Gasteiger partial charge in [0.15, 0.2) is 11.6 Å². The maximum absolute atomic E-state index is 13.4. The Morgan fingerprint density at radius 1 is 1.39 bits per heavy atom. The topological polar surface area (TPSA) is 38.3 Å². The lowest BCUT2D eigenvalue weighted by Crippen LogP contribution is -2.53. The Balaban J connectivity index is 1.70. The molecular weight excluding hydrogens is 240 g/mol. The molecular formula is C13H13F2NO2. The fourth-order valence-corrected chi connectivity index (χ4v) is 2.69. The second kappa shape index (κ2) is 4.31. The molecule has 0 bridgehead atoms. The Labute approximate surface area is 103 Å². The maximum Gasteiger partial charge on any atom is 0.254 e. The minimum absolute atomic E-state index is 0.0210. The van der Waals surface area contributed by atoms with Gasteiger partial charge >= 0.3 is 0 Å². The number of hydrogen-bond donors (Lipinski definition) is 1. The third-order valence-corrected chi connectivity index (χ3v) is 3.78. The molecule has 3 rings (SSSR count). The molecule has 0 unspecified atom stereocenters. The summed E-state index contributed by atoms with van der Waals surface area (Å²) in [7, 11) is 0. The van der Waals surface area contributed by atoms with Crippen molar-refractivity contribution in [3.8, 4) is 0 Å². The Morgan fingerprint density at radius 3 is 3.00 bits per heavy atom. The minimum Gasteiger partial charge on any atom is -0.378 e. The lowest BCUT2D eigenvalue weighted by atomic mass is 9.76. The SMILES string of the molecule is O=C(N[C@H]1C[C@@H]2OCC[C@H]12)c1cccc(F)c1F. The van der Waals surface area contributed by atoms with Crippen molar-refractivity contribution in [3.05, 3.63) is 35.4 Å². The van der Waals surface area contributed by atoms with E-state index in [1.54, 1.807) is 0 Å². The lowest BCUT2D eigenvalue weighted by molar-refractivity contribution is 0.00804. The number of amides is 1. The number of ether oxygens (including phenoxy) is 1. The first kappa shape index (κ1) is 11.6. The summed E-state index contributed by atoms with van der Waals surface area (Å²) >= 11 is 0. The van der Waals surface area contributed by atoms with Gasteiger partial charge in [-0.05, 0) is 25.0 Å². The van der Waals surface area contributed by atoms with E-state index in [-0.39, 0.29) is 17.7 Å². The second-order valence-electron chi connectivity index (χ2n) is 4.78. The van der Waals surface area contributed by atoms with Crippen molar-refractivity contribution >= 4 is 5.91 Å². The minimum atomic E-state index is -1.09. The third kappa shape index (κ3) is 1.79. The highest BCUT2D eigenvalue weighted by Crippen LogP contribution is 2.38. The molecule has 5 heteroatoms. The van der Waals surface area contributed by atoms with E-state index < -0.39 is 17.5 Å². The van der Waals surface area contributed by atoms with Crippen LogP contribution in [0.4, 0.5) is 8.78 Å². The van der Waals surface area contributed by atoms with Gasteiger partial charge in [0.2, 0.25) is 0 Å². The van der Waals surface area contributed by atoms with E-state index in [2.05, 4.69) is 5.32 Å². The van der Waals surface area contributed by atoms with Gasteiger partial charge in [-0.1, -0.05) is 6.07 Å². The first-order chi connectivity index (χ1) is 8.66. The number of fused-ring (bicyclic) bond motifs is 1. The molecule has 0 radical (unpaired) electrons. The van der Waals surface area contributed by atoms with Gasteiger partial charge < -0.3 is 10.1 Å². The molecule has 3 nitrogen and oxygen atoms in total. The van der Waals surface area contributed by atoms with E-state index in [1.165, 1.54) is 12.1 Å². The van der Waals surface area contributed by atoms with Crippen molar-refractivity contribution in [2.45, 2.75) is 25.0 Å². The molecule has 1 amide bonds. The van der Waals surface area contributed by atoms with Crippen LogP contribution in [-0.4, -0.2) is 24.7 Å². The quantitative estimate of drug-likeness (QED) is 0.873. The molecule has 1 N–H and O–H groups in total. The van der Waals surface area contributed by atoms with Gasteiger partial charge in [-0.3, -0.25) is 4.79 Å². The Bertz CT molecular complexity index is 492. The van der Waals surface area contributed by atoms with Gasteiger partial charge in [-0.25, -0.2) is 8.78 Å². The summed E-state index contributed by atoms with van der Waals surface area (Å²) in [4.78, 5) is 11.9. The van der Waals surface area contributed by atoms with Gasteiger partial charge in [-0.15, -0.1) is 0 Å². The van der Waals surface area contributed by atoms with Crippen molar-refractivity contribution in [1.82, 2.24) is 5.32 Å². The Hall–Kier alpha value is -1.49. The first-order valence-corrected chi connectivity index (χ1v) is 6.03. The molecule has 1 saturated carbocycles. The second-order valence-corrected chi connectivity index (χ2v) is 4.78. The Kier molecular flexibility index (Phi) is 2.78. The van der Waals surface area contributed by atoms with E-state index in [9.17, 15) is 13.6 Å². The molecule has 2 aliphatic rings. The molecule has 1 heterocycles. The first-order valence-electron chi connectivity index (χ1n) is 6.03. The molecule has 1 aromatic rings. The molecule has 3 atom stereocenters. The van der Waals surface area contributed by atoms with E-state index in [4.69, 9.17) is 4.74 Å². The highest BCUT2D eigenvalue weighted by atomic mass is 19.2. The molecule has 1 aliphatic carbocycles. The average Bonchev–Trinajstić information content (AvgIpc) is 2.71. The van der Waals surface area contributed by atoms with Crippen LogP contribution in [0.15, 0.2) is 18.2 Å². The summed E-state index contributed by atoms with van der Waals surface area (Å²) < 4.78 is 31.9. The monoisotopic (exact) mass is 253 g/mol. The van der Waals surface area contributed by atoms with Crippen LogP contribution in [0.25, 0.3) is 0 Å². The van der Waals surface area contributed by atoms with Gasteiger partial charge in [0.25, 0.3) is 5.91 Å². The van der Waals surface area contributed by atoms with Gasteiger partial charge in [0, 0.05) is 18.6 Å². The fraction of sp³-hybridized carbons (Fsp3) is 0.462. The standard InChI is InChI=1S/C13H13F2NO2/c14-9-3-1-2-8(12(9)15)13(17)16-10-6-11-7(10)4-5-18-11/h1-3,7,10-11H,4-6H2,(H,16,17)/t7-,10+,11+/m1/s1. The van der Waals surface area contributed by atoms with Crippen LogP contribution in [0, 0.1) is 17.6 Å². The van der Waals surface area contributed by atoms with Crippen LogP contribution in [0.2, 0.25) is 0 Å². The van der Waals surface area contributed by atoms with Crippen LogP contribution in [0.3, 0.4) is 0 Å². The summed E-state index contributed by atoms with van der Waals surface area (Å²) in [5.74, 6) is -2.32. The number of carbonyl (C=O) groups excluding carboxylic acids is 1. The van der Waals surface area contributed by atoms with E-state index >= 15 is 0 Å². The van der Waals surface area contributed by atoms with E-state index in [0.29, 0.717) is 5.92 Å². The molecule has 18 heavy (non-hydrogen) atoms. The molecule has 1 aliphatic heterocycles. The zero-order valence-electron chi connectivity index (χ0n) is 9.66. The number of rotatable bonds is 2. The predicted octanol–water partition coefficient (Wildman–Crippen LogP) is 1.87. The number of benzene rings is 1. The number of halogens is 2. The van der Waals surface area contributed by atoms with Crippen LogP contribution < -0.4 is 5.32 Å². The van der Waals surface area contributed by atoms with Gasteiger partial charge in [0.05, 0.1) is 11.7 Å². The highest BCUT2D eigenvalue weighted by molar-refractivity contribution is 5.94. The molecule has 0 aromatic heterocycles. The van der Waals surface area contributed by atoms with Crippen molar-refractivity contribution in [1.29, 1.82) is 0 Å². The molecule has 0 spiro atoms. The summed E-state index contributed by atoms with van der Waals surface area (Å²) in [5.41, 5.74) is -0.239. The van der Waals surface area contributed by atoms with E-state index in [1.807, 2.05) is 0 Å².